The van der Waals surface area contributed by atoms with E-state index in [0.717, 1.165) is 37.9 Å². The predicted octanol–water partition coefficient (Wildman–Crippen LogP) is 3.12. The average molecular weight is 347 g/mol. The highest BCUT2D eigenvalue weighted by Gasteiger charge is 2.24. The van der Waals surface area contributed by atoms with E-state index < -0.39 is 0 Å². The maximum atomic E-state index is 5.50. The second kappa shape index (κ2) is 9.54. The lowest BCUT2D eigenvalue weighted by Gasteiger charge is -2.22. The number of methoxy groups -OCH3 is 1. The lowest BCUT2D eigenvalue weighted by molar-refractivity contribution is 0.414. The molecular weight excluding hydrogens is 312 g/mol. The molecule has 2 N–H and O–H groups in total. The molecule has 2 unspecified atom stereocenters. The second-order valence-electron chi connectivity index (χ2n) is 7.17. The van der Waals surface area contributed by atoms with Gasteiger partial charge in [-0.05, 0) is 44.2 Å². The molecule has 2 atom stereocenters. The first-order valence-electron chi connectivity index (χ1n) is 9.48. The van der Waals surface area contributed by atoms with Gasteiger partial charge in [0.2, 0.25) is 0 Å². The van der Waals surface area contributed by atoms with Crippen LogP contribution in [0.15, 0.2) is 29.3 Å². The summed E-state index contributed by atoms with van der Waals surface area (Å²) in [5.74, 6) is 3.04. The molecular formula is C20H34N4O. The first-order valence-corrected chi connectivity index (χ1v) is 9.48. The Morgan fingerprint density at radius 1 is 1.32 bits per heavy atom. The van der Waals surface area contributed by atoms with Crippen molar-refractivity contribution in [3.8, 4) is 5.75 Å². The van der Waals surface area contributed by atoms with Crippen LogP contribution >= 0.6 is 0 Å². The van der Waals surface area contributed by atoms with Crippen LogP contribution in [-0.2, 0) is 0 Å². The fraction of sp³-hybridized carbons (Fsp3) is 0.650. The normalized spacial score (nSPS) is 19.2. The summed E-state index contributed by atoms with van der Waals surface area (Å²) in [5.41, 5.74) is 1.19. The maximum absolute atomic E-state index is 5.50. The second-order valence-corrected chi connectivity index (χ2v) is 7.17. The Labute approximate surface area is 152 Å². The van der Waals surface area contributed by atoms with Gasteiger partial charge in [-0.3, -0.25) is 4.99 Å². The Kier molecular flexibility index (Phi) is 7.41. The molecule has 140 valence electrons. The molecule has 0 aromatic heterocycles. The van der Waals surface area contributed by atoms with Crippen LogP contribution < -0.4 is 20.3 Å². The molecule has 1 heterocycles. The van der Waals surface area contributed by atoms with Crippen molar-refractivity contribution in [1.29, 1.82) is 0 Å². The molecule has 5 heteroatoms. The van der Waals surface area contributed by atoms with Crippen LogP contribution in [0, 0.1) is 11.8 Å². The topological polar surface area (TPSA) is 48.9 Å². The van der Waals surface area contributed by atoms with Gasteiger partial charge in [-0.2, -0.15) is 0 Å². The molecule has 1 aliphatic rings. The molecule has 0 bridgehead atoms. The molecule has 2 rings (SSSR count). The summed E-state index contributed by atoms with van der Waals surface area (Å²) in [6.45, 7) is 12.6. The van der Waals surface area contributed by atoms with E-state index in [1.165, 1.54) is 12.1 Å². The number of benzene rings is 1. The van der Waals surface area contributed by atoms with Crippen molar-refractivity contribution in [3.05, 3.63) is 24.3 Å². The quantitative estimate of drug-likeness (QED) is 0.588. The molecule has 1 aromatic rings. The number of hydrogen-bond acceptors (Lipinski definition) is 3. The molecule has 0 radical (unpaired) electrons. The van der Waals surface area contributed by atoms with Gasteiger partial charge in [0.1, 0.15) is 5.75 Å². The number of guanidine groups is 1. The first kappa shape index (κ1) is 19.4. The Hall–Kier alpha value is -1.91. The van der Waals surface area contributed by atoms with Crippen molar-refractivity contribution in [2.75, 3.05) is 38.2 Å². The minimum Gasteiger partial charge on any atom is -0.495 e. The number of aliphatic imine (C=N–C) groups is 1. The predicted molar refractivity (Wildman–Crippen MR) is 107 cm³/mol. The van der Waals surface area contributed by atoms with Crippen molar-refractivity contribution in [3.63, 3.8) is 0 Å². The van der Waals surface area contributed by atoms with Crippen molar-refractivity contribution < 1.29 is 4.74 Å². The van der Waals surface area contributed by atoms with Crippen LogP contribution in [0.4, 0.5) is 5.69 Å². The molecule has 1 fully saturated rings. The number of nitrogens with zero attached hydrogens (tertiary/aromatic N) is 2. The number of hydrogen-bond donors (Lipinski definition) is 2. The molecule has 1 aliphatic heterocycles. The van der Waals surface area contributed by atoms with Crippen LogP contribution in [0.5, 0.6) is 5.75 Å². The van der Waals surface area contributed by atoms with Crippen molar-refractivity contribution in [2.45, 2.75) is 40.2 Å². The Morgan fingerprint density at radius 3 is 2.76 bits per heavy atom. The van der Waals surface area contributed by atoms with Gasteiger partial charge in [-0.15, -0.1) is 0 Å². The summed E-state index contributed by atoms with van der Waals surface area (Å²) < 4.78 is 5.50. The molecule has 1 aromatic carbocycles. The number of nitrogens with one attached hydrogen (secondary N) is 2. The highest BCUT2D eigenvalue weighted by Crippen LogP contribution is 2.31. The fourth-order valence-electron chi connectivity index (χ4n) is 3.01. The third kappa shape index (κ3) is 5.55. The van der Waals surface area contributed by atoms with E-state index in [0.29, 0.717) is 17.9 Å². The minimum atomic E-state index is 0.409. The largest absolute Gasteiger partial charge is 0.495 e. The van der Waals surface area contributed by atoms with Gasteiger partial charge in [0.25, 0.3) is 0 Å². The molecule has 5 nitrogen and oxygen atoms in total. The van der Waals surface area contributed by atoms with Gasteiger partial charge in [0.15, 0.2) is 5.96 Å². The van der Waals surface area contributed by atoms with E-state index in [9.17, 15) is 0 Å². The van der Waals surface area contributed by atoms with E-state index in [1.54, 1.807) is 7.11 Å². The Balaban J connectivity index is 1.94. The maximum Gasteiger partial charge on any atom is 0.191 e. The third-order valence-corrected chi connectivity index (χ3v) is 4.93. The van der Waals surface area contributed by atoms with Crippen molar-refractivity contribution in [1.82, 2.24) is 10.6 Å². The van der Waals surface area contributed by atoms with Crippen molar-refractivity contribution >= 4 is 11.6 Å². The lowest BCUT2D eigenvalue weighted by atomic mass is 10.1. The first-order chi connectivity index (χ1) is 12.0. The molecule has 0 saturated carbocycles. The minimum absolute atomic E-state index is 0.409. The number of anilines is 1. The van der Waals surface area contributed by atoms with Gasteiger partial charge in [0.05, 0.1) is 12.8 Å². The van der Waals surface area contributed by atoms with Crippen LogP contribution in [0.2, 0.25) is 0 Å². The zero-order valence-corrected chi connectivity index (χ0v) is 16.4. The monoisotopic (exact) mass is 346 g/mol. The number of rotatable bonds is 7. The van der Waals surface area contributed by atoms with Crippen LogP contribution in [0.1, 0.15) is 34.1 Å². The van der Waals surface area contributed by atoms with E-state index in [-0.39, 0.29) is 0 Å². The van der Waals surface area contributed by atoms with Gasteiger partial charge in [-0.1, -0.05) is 26.0 Å². The van der Waals surface area contributed by atoms with E-state index >= 15 is 0 Å². The van der Waals surface area contributed by atoms with Crippen LogP contribution in [0.25, 0.3) is 0 Å². The number of para-hydroxylation sites is 2. The molecule has 0 aliphatic carbocycles. The zero-order chi connectivity index (χ0) is 18.2. The zero-order valence-electron chi connectivity index (χ0n) is 16.4. The van der Waals surface area contributed by atoms with Crippen LogP contribution in [-0.4, -0.2) is 45.3 Å². The SMILES string of the molecule is CCNC(=NCC1CCN(c2ccccc2OC)C1)NC(C)C(C)C. The van der Waals surface area contributed by atoms with Gasteiger partial charge in [0, 0.05) is 32.2 Å². The smallest absolute Gasteiger partial charge is 0.191 e. The molecule has 25 heavy (non-hydrogen) atoms. The van der Waals surface area contributed by atoms with Gasteiger partial charge < -0.3 is 20.3 Å². The van der Waals surface area contributed by atoms with Gasteiger partial charge in [-0.25, -0.2) is 0 Å². The molecule has 0 spiro atoms. The summed E-state index contributed by atoms with van der Waals surface area (Å²) >= 11 is 0. The van der Waals surface area contributed by atoms with E-state index in [2.05, 4.69) is 55.4 Å². The average Bonchev–Trinajstić information content (AvgIpc) is 3.08. The molecule has 0 amide bonds. The highest BCUT2D eigenvalue weighted by molar-refractivity contribution is 5.80. The summed E-state index contributed by atoms with van der Waals surface area (Å²) in [4.78, 5) is 7.24. The van der Waals surface area contributed by atoms with E-state index in [4.69, 9.17) is 9.73 Å². The van der Waals surface area contributed by atoms with E-state index in [1.807, 2.05) is 12.1 Å². The highest BCUT2D eigenvalue weighted by atomic mass is 16.5. The lowest BCUT2D eigenvalue weighted by Crippen LogP contribution is -2.44. The third-order valence-electron chi connectivity index (χ3n) is 4.93. The standard InChI is InChI=1S/C20H34N4O/c1-6-21-20(23-16(4)15(2)3)22-13-17-11-12-24(14-17)18-9-7-8-10-19(18)25-5/h7-10,15-17H,6,11-14H2,1-5H3,(H2,21,22,23). The summed E-state index contributed by atoms with van der Waals surface area (Å²) in [6.07, 6.45) is 1.17. The fourth-order valence-corrected chi connectivity index (χ4v) is 3.01. The summed E-state index contributed by atoms with van der Waals surface area (Å²) in [5, 5.41) is 6.87. The summed E-state index contributed by atoms with van der Waals surface area (Å²) in [6, 6.07) is 8.67. The van der Waals surface area contributed by atoms with Crippen LogP contribution in [0.3, 0.4) is 0 Å². The Bertz CT molecular complexity index is 558. The number of ether oxygens (including phenoxy) is 1. The van der Waals surface area contributed by atoms with Crippen molar-refractivity contribution in [2.24, 2.45) is 16.8 Å². The summed E-state index contributed by atoms with van der Waals surface area (Å²) in [7, 11) is 1.74. The Morgan fingerprint density at radius 2 is 2.08 bits per heavy atom. The molecule has 1 saturated heterocycles. The van der Waals surface area contributed by atoms with Gasteiger partial charge >= 0.3 is 0 Å².